The van der Waals surface area contributed by atoms with Crippen molar-refractivity contribution in [3.63, 3.8) is 0 Å². The third-order valence-electron chi connectivity index (χ3n) is 4.52. The standard InChI is InChI=1S/C18H38N2/c1-4-9-18-10-8-14-20(15-11-18)13-7-5-6-12-19-16-17(2)3/h17-19H,4-16H2,1-3H3. The van der Waals surface area contributed by atoms with Gasteiger partial charge in [0.1, 0.15) is 0 Å². The van der Waals surface area contributed by atoms with Crippen molar-refractivity contribution < 1.29 is 0 Å². The summed E-state index contributed by atoms with van der Waals surface area (Å²) < 4.78 is 0. The van der Waals surface area contributed by atoms with Crippen LogP contribution in [0.4, 0.5) is 0 Å². The molecule has 1 N–H and O–H groups in total. The van der Waals surface area contributed by atoms with E-state index >= 15 is 0 Å². The summed E-state index contributed by atoms with van der Waals surface area (Å²) in [6, 6.07) is 0. The van der Waals surface area contributed by atoms with Crippen molar-refractivity contribution in [2.24, 2.45) is 11.8 Å². The Morgan fingerprint density at radius 2 is 1.95 bits per heavy atom. The SMILES string of the molecule is CCCC1CCCN(CCCCCNCC(C)C)CC1. The maximum atomic E-state index is 3.54. The molecular formula is C18H38N2. The molecule has 0 aromatic heterocycles. The Labute approximate surface area is 127 Å². The minimum absolute atomic E-state index is 0.781. The van der Waals surface area contributed by atoms with Gasteiger partial charge in [0.2, 0.25) is 0 Å². The second-order valence-corrected chi connectivity index (χ2v) is 7.09. The molecule has 0 saturated carbocycles. The first-order valence-electron chi connectivity index (χ1n) is 9.15. The van der Waals surface area contributed by atoms with Gasteiger partial charge in [0, 0.05) is 0 Å². The van der Waals surface area contributed by atoms with Gasteiger partial charge in [-0.25, -0.2) is 0 Å². The Balaban J connectivity index is 1.96. The van der Waals surface area contributed by atoms with Crippen molar-refractivity contribution >= 4 is 0 Å². The fraction of sp³-hybridized carbons (Fsp3) is 1.00. The topological polar surface area (TPSA) is 15.3 Å². The molecule has 120 valence electrons. The van der Waals surface area contributed by atoms with E-state index in [9.17, 15) is 0 Å². The van der Waals surface area contributed by atoms with Crippen molar-refractivity contribution in [1.29, 1.82) is 0 Å². The Morgan fingerprint density at radius 3 is 2.70 bits per heavy atom. The van der Waals surface area contributed by atoms with Crippen molar-refractivity contribution in [2.45, 2.75) is 72.1 Å². The van der Waals surface area contributed by atoms with Crippen molar-refractivity contribution in [3.8, 4) is 0 Å². The van der Waals surface area contributed by atoms with E-state index in [0.29, 0.717) is 0 Å². The van der Waals surface area contributed by atoms with Gasteiger partial charge in [0.05, 0.1) is 0 Å². The molecule has 0 bridgehead atoms. The normalized spacial score (nSPS) is 21.3. The zero-order valence-electron chi connectivity index (χ0n) is 14.3. The highest BCUT2D eigenvalue weighted by atomic mass is 15.1. The molecule has 1 atom stereocenters. The van der Waals surface area contributed by atoms with Crippen molar-refractivity contribution in [1.82, 2.24) is 10.2 Å². The molecule has 1 rings (SSSR count). The van der Waals surface area contributed by atoms with Crippen LogP contribution in [-0.2, 0) is 0 Å². The molecule has 0 amide bonds. The Morgan fingerprint density at radius 1 is 1.10 bits per heavy atom. The van der Waals surface area contributed by atoms with Gasteiger partial charge in [-0.3, -0.25) is 0 Å². The van der Waals surface area contributed by atoms with E-state index in [4.69, 9.17) is 0 Å². The molecule has 0 aromatic carbocycles. The summed E-state index contributed by atoms with van der Waals surface area (Å²) in [5.74, 6) is 1.80. The smallest absolute Gasteiger partial charge is 0.00161 e. The van der Waals surface area contributed by atoms with Crippen LogP contribution in [0.5, 0.6) is 0 Å². The van der Waals surface area contributed by atoms with E-state index < -0.39 is 0 Å². The number of rotatable bonds is 10. The van der Waals surface area contributed by atoms with Gasteiger partial charge in [-0.05, 0) is 76.7 Å². The lowest BCUT2D eigenvalue weighted by atomic mass is 9.96. The van der Waals surface area contributed by atoms with E-state index in [0.717, 1.165) is 11.8 Å². The Kier molecular flexibility index (Phi) is 10.4. The minimum Gasteiger partial charge on any atom is -0.316 e. The predicted octanol–water partition coefficient (Wildman–Crippen LogP) is 4.30. The van der Waals surface area contributed by atoms with Crippen LogP contribution in [0.25, 0.3) is 0 Å². The monoisotopic (exact) mass is 282 g/mol. The quantitative estimate of drug-likeness (QED) is 0.601. The van der Waals surface area contributed by atoms with E-state index in [1.165, 1.54) is 84.1 Å². The Hall–Kier alpha value is -0.0800. The van der Waals surface area contributed by atoms with E-state index in [2.05, 4.69) is 31.0 Å². The number of nitrogens with one attached hydrogen (secondary N) is 1. The maximum absolute atomic E-state index is 3.54. The molecule has 0 spiro atoms. The van der Waals surface area contributed by atoms with Crippen LogP contribution in [0.1, 0.15) is 72.1 Å². The Bertz CT molecular complexity index is 215. The molecule has 1 aliphatic heterocycles. The molecule has 0 radical (unpaired) electrons. The van der Waals surface area contributed by atoms with Crippen molar-refractivity contribution in [2.75, 3.05) is 32.7 Å². The number of hydrogen-bond donors (Lipinski definition) is 1. The number of hydrogen-bond acceptors (Lipinski definition) is 2. The second-order valence-electron chi connectivity index (χ2n) is 7.09. The van der Waals surface area contributed by atoms with E-state index in [1.54, 1.807) is 0 Å². The average molecular weight is 283 g/mol. The molecule has 2 nitrogen and oxygen atoms in total. The summed E-state index contributed by atoms with van der Waals surface area (Å²) in [7, 11) is 0. The molecule has 0 aromatic rings. The summed E-state index contributed by atoms with van der Waals surface area (Å²) in [6.07, 6.45) is 11.3. The van der Waals surface area contributed by atoms with Gasteiger partial charge < -0.3 is 10.2 Å². The van der Waals surface area contributed by atoms with Gasteiger partial charge in [0.15, 0.2) is 0 Å². The van der Waals surface area contributed by atoms with Crippen LogP contribution in [0.15, 0.2) is 0 Å². The molecule has 2 heteroatoms. The van der Waals surface area contributed by atoms with Crippen LogP contribution in [0.2, 0.25) is 0 Å². The van der Waals surface area contributed by atoms with Gasteiger partial charge >= 0.3 is 0 Å². The summed E-state index contributed by atoms with van der Waals surface area (Å²) in [4.78, 5) is 2.72. The molecule has 20 heavy (non-hydrogen) atoms. The van der Waals surface area contributed by atoms with Gasteiger partial charge in [-0.1, -0.05) is 40.0 Å². The first kappa shape index (κ1) is 18.0. The summed E-state index contributed by atoms with van der Waals surface area (Å²) in [5, 5.41) is 3.54. The van der Waals surface area contributed by atoms with Crippen LogP contribution in [0, 0.1) is 11.8 Å². The zero-order chi connectivity index (χ0) is 14.6. The summed E-state index contributed by atoms with van der Waals surface area (Å²) in [6.45, 7) is 13.3. The molecule has 1 unspecified atom stereocenters. The van der Waals surface area contributed by atoms with E-state index in [1.807, 2.05) is 0 Å². The lowest BCUT2D eigenvalue weighted by Crippen LogP contribution is -2.26. The molecule has 0 aliphatic carbocycles. The first-order chi connectivity index (χ1) is 9.72. The second kappa shape index (κ2) is 11.6. The lowest BCUT2D eigenvalue weighted by molar-refractivity contribution is 0.272. The average Bonchev–Trinajstić information content (AvgIpc) is 2.63. The highest BCUT2D eigenvalue weighted by Crippen LogP contribution is 2.22. The number of likely N-dealkylation sites (tertiary alicyclic amines) is 1. The lowest BCUT2D eigenvalue weighted by Gasteiger charge is -2.20. The fourth-order valence-corrected chi connectivity index (χ4v) is 3.30. The van der Waals surface area contributed by atoms with Gasteiger partial charge in [0.25, 0.3) is 0 Å². The third-order valence-corrected chi connectivity index (χ3v) is 4.52. The number of unbranched alkanes of at least 4 members (excludes halogenated alkanes) is 2. The highest BCUT2D eigenvalue weighted by Gasteiger charge is 2.15. The van der Waals surface area contributed by atoms with Crippen molar-refractivity contribution in [3.05, 3.63) is 0 Å². The molecule has 1 aliphatic rings. The fourth-order valence-electron chi connectivity index (χ4n) is 3.30. The third kappa shape index (κ3) is 8.97. The number of nitrogens with zero attached hydrogens (tertiary/aromatic N) is 1. The molecular weight excluding hydrogens is 244 g/mol. The highest BCUT2D eigenvalue weighted by molar-refractivity contribution is 4.70. The van der Waals surface area contributed by atoms with E-state index in [-0.39, 0.29) is 0 Å². The molecule has 1 saturated heterocycles. The first-order valence-corrected chi connectivity index (χ1v) is 9.15. The van der Waals surface area contributed by atoms with Gasteiger partial charge in [-0.2, -0.15) is 0 Å². The largest absolute Gasteiger partial charge is 0.316 e. The molecule has 1 heterocycles. The zero-order valence-corrected chi connectivity index (χ0v) is 14.3. The predicted molar refractivity (Wildman–Crippen MR) is 90.2 cm³/mol. The van der Waals surface area contributed by atoms with Crippen LogP contribution >= 0.6 is 0 Å². The van der Waals surface area contributed by atoms with Crippen LogP contribution < -0.4 is 5.32 Å². The van der Waals surface area contributed by atoms with Crippen LogP contribution in [-0.4, -0.2) is 37.6 Å². The van der Waals surface area contributed by atoms with Crippen LogP contribution in [0.3, 0.4) is 0 Å². The van der Waals surface area contributed by atoms with Gasteiger partial charge in [-0.15, -0.1) is 0 Å². The molecule has 1 fully saturated rings. The minimum atomic E-state index is 0.781. The maximum Gasteiger partial charge on any atom is -0.00161 e. The summed E-state index contributed by atoms with van der Waals surface area (Å²) >= 11 is 0. The summed E-state index contributed by atoms with van der Waals surface area (Å²) in [5.41, 5.74) is 0.